The van der Waals surface area contributed by atoms with Gasteiger partial charge in [-0.05, 0) is 38.8 Å². The molecule has 4 aliphatic heterocycles. The van der Waals surface area contributed by atoms with Crippen LogP contribution in [0.15, 0.2) is 30.6 Å². The first-order chi connectivity index (χ1) is 21.3. The molecule has 3 aromatic heterocycles. The van der Waals surface area contributed by atoms with E-state index < -0.39 is 17.5 Å². The quantitative estimate of drug-likeness (QED) is 0.318. The second-order valence-corrected chi connectivity index (χ2v) is 13.0. The highest BCUT2D eigenvalue weighted by Crippen LogP contribution is 2.44. The van der Waals surface area contributed by atoms with Crippen molar-refractivity contribution in [1.82, 2.24) is 30.2 Å². The van der Waals surface area contributed by atoms with E-state index in [1.54, 1.807) is 18.5 Å². The number of aromatic nitrogens is 4. The molecule has 230 valence electrons. The smallest absolute Gasteiger partial charge is 0.319 e. The van der Waals surface area contributed by atoms with Crippen molar-refractivity contribution in [2.45, 2.75) is 69.4 Å². The minimum atomic E-state index is -0.887. The van der Waals surface area contributed by atoms with Crippen molar-refractivity contribution in [3.63, 3.8) is 0 Å². The third-order valence-electron chi connectivity index (χ3n) is 9.97. The van der Waals surface area contributed by atoms with E-state index in [9.17, 15) is 4.39 Å². The second kappa shape index (κ2) is 10.6. The fraction of sp³-hybridized carbons (Fsp3) is 0.500. The summed E-state index contributed by atoms with van der Waals surface area (Å²) in [5, 5.41) is 5.89. The summed E-state index contributed by atoms with van der Waals surface area (Å²) in [5.74, 6) is 0.166. The van der Waals surface area contributed by atoms with Gasteiger partial charge in [0.25, 0.3) is 0 Å². The number of pyridine rings is 2. The summed E-state index contributed by atoms with van der Waals surface area (Å²) < 4.78 is 44.2. The fourth-order valence-corrected chi connectivity index (χ4v) is 7.97. The molecule has 1 aromatic carbocycles. The molecule has 3 saturated heterocycles. The highest BCUT2D eigenvalue weighted by molar-refractivity contribution is 6.36. The van der Waals surface area contributed by atoms with E-state index in [4.69, 9.17) is 31.0 Å². The molecule has 0 aliphatic carbocycles. The monoisotopic (exact) mass is 621 g/mol. The van der Waals surface area contributed by atoms with E-state index in [-0.39, 0.29) is 47.9 Å². The van der Waals surface area contributed by atoms with Crippen LogP contribution < -0.4 is 19.7 Å². The first-order valence-electron chi connectivity index (χ1n) is 15.5. The van der Waals surface area contributed by atoms with Gasteiger partial charge in [-0.25, -0.2) is 13.8 Å². The minimum Gasteiger partial charge on any atom is -0.472 e. The number of halogens is 3. The van der Waals surface area contributed by atoms with Gasteiger partial charge in [0.05, 0.1) is 11.6 Å². The molecule has 3 fully saturated rings. The van der Waals surface area contributed by atoms with E-state index in [0.29, 0.717) is 53.2 Å². The SMILES string of the molecule is CC[C@@H]1CN2c3nc(OC[C@@]45CCCN4C[C@H](F)C5)nc4c(F)c(-c5cncc6cccc(Cl)c56)nc(c34)O[C@@H](C)[C@@H]2CN1. The molecular formula is C32H34ClF2N7O2. The van der Waals surface area contributed by atoms with E-state index >= 15 is 4.39 Å². The van der Waals surface area contributed by atoms with Gasteiger partial charge in [0, 0.05) is 65.8 Å². The number of rotatable bonds is 5. The predicted molar refractivity (Wildman–Crippen MR) is 165 cm³/mol. The van der Waals surface area contributed by atoms with Crippen molar-refractivity contribution in [3.05, 3.63) is 41.4 Å². The lowest BCUT2D eigenvalue weighted by Gasteiger charge is -2.42. The number of nitrogens with zero attached hydrogens (tertiary/aromatic N) is 6. The molecule has 0 saturated carbocycles. The van der Waals surface area contributed by atoms with Gasteiger partial charge in [0.15, 0.2) is 5.82 Å². The third-order valence-corrected chi connectivity index (χ3v) is 10.3. The summed E-state index contributed by atoms with van der Waals surface area (Å²) in [4.78, 5) is 23.1. The van der Waals surface area contributed by atoms with Gasteiger partial charge in [-0.2, -0.15) is 9.97 Å². The third kappa shape index (κ3) is 4.38. The molecule has 7 heterocycles. The van der Waals surface area contributed by atoms with E-state index in [1.165, 1.54) is 0 Å². The Morgan fingerprint density at radius 2 is 2.07 bits per heavy atom. The van der Waals surface area contributed by atoms with Crippen LogP contribution >= 0.6 is 11.6 Å². The largest absolute Gasteiger partial charge is 0.472 e. The second-order valence-electron chi connectivity index (χ2n) is 12.6. The van der Waals surface area contributed by atoms with Crippen LogP contribution in [0, 0.1) is 5.82 Å². The van der Waals surface area contributed by atoms with Crippen molar-refractivity contribution in [2.24, 2.45) is 0 Å². The topological polar surface area (TPSA) is 88.5 Å². The van der Waals surface area contributed by atoms with E-state index in [1.807, 2.05) is 19.1 Å². The van der Waals surface area contributed by atoms with Gasteiger partial charge in [-0.15, -0.1) is 0 Å². The van der Waals surface area contributed by atoms with Crippen LogP contribution in [-0.4, -0.2) is 87.5 Å². The molecule has 0 unspecified atom stereocenters. The molecule has 0 spiro atoms. The van der Waals surface area contributed by atoms with Crippen LogP contribution in [0.1, 0.15) is 39.5 Å². The number of piperazine rings is 1. The number of alkyl halides is 1. The van der Waals surface area contributed by atoms with Crippen molar-refractivity contribution >= 4 is 39.1 Å². The molecule has 4 aromatic rings. The summed E-state index contributed by atoms with van der Waals surface area (Å²) in [6, 6.07) is 5.68. The summed E-state index contributed by atoms with van der Waals surface area (Å²) in [7, 11) is 0. The maximum Gasteiger partial charge on any atom is 0.319 e. The normalized spacial score (nSPS) is 28.2. The Bertz CT molecular complexity index is 1770. The first kappa shape index (κ1) is 28.1. The van der Waals surface area contributed by atoms with Gasteiger partial charge < -0.3 is 19.7 Å². The van der Waals surface area contributed by atoms with E-state index in [2.05, 4.69) is 32.0 Å². The molecule has 0 radical (unpaired) electrons. The van der Waals surface area contributed by atoms with Gasteiger partial charge >= 0.3 is 6.01 Å². The Balaban J connectivity index is 1.32. The maximum absolute atomic E-state index is 16.9. The molecule has 5 atom stereocenters. The number of nitrogens with one attached hydrogen (secondary N) is 1. The van der Waals surface area contributed by atoms with Crippen LogP contribution in [-0.2, 0) is 0 Å². The minimum absolute atomic E-state index is 0.0440. The first-order valence-corrected chi connectivity index (χ1v) is 15.9. The number of anilines is 1. The molecule has 0 bridgehead atoms. The lowest BCUT2D eigenvalue weighted by atomic mass is 9.95. The molecule has 1 N–H and O–H groups in total. The summed E-state index contributed by atoms with van der Waals surface area (Å²) >= 11 is 6.64. The van der Waals surface area contributed by atoms with E-state index in [0.717, 1.165) is 31.2 Å². The van der Waals surface area contributed by atoms with Crippen LogP contribution in [0.25, 0.3) is 32.9 Å². The van der Waals surface area contributed by atoms with Crippen molar-refractivity contribution in [1.29, 1.82) is 0 Å². The average Bonchev–Trinajstić information content (AvgIpc) is 3.52. The Kier molecular flexibility index (Phi) is 6.77. The zero-order valence-corrected chi connectivity index (χ0v) is 25.4. The highest BCUT2D eigenvalue weighted by atomic mass is 35.5. The highest BCUT2D eigenvalue weighted by Gasteiger charge is 2.49. The maximum atomic E-state index is 16.9. The molecular weight excluding hydrogens is 588 g/mol. The molecule has 9 nitrogen and oxygen atoms in total. The zero-order valence-electron chi connectivity index (χ0n) is 24.7. The molecule has 12 heteroatoms. The Hall–Kier alpha value is -3.41. The van der Waals surface area contributed by atoms with Gasteiger partial charge in [0.1, 0.15) is 41.3 Å². The molecule has 8 rings (SSSR count). The number of fused-ring (bicyclic) bond motifs is 4. The Morgan fingerprint density at radius 1 is 1.18 bits per heavy atom. The lowest BCUT2D eigenvalue weighted by Crippen LogP contribution is -2.60. The zero-order chi connectivity index (χ0) is 30.2. The number of benzene rings is 1. The van der Waals surface area contributed by atoms with Gasteiger partial charge in [-0.1, -0.05) is 30.7 Å². The lowest BCUT2D eigenvalue weighted by molar-refractivity contribution is 0.107. The van der Waals surface area contributed by atoms with Crippen LogP contribution in [0.2, 0.25) is 5.02 Å². The number of hydrogen-bond donors (Lipinski definition) is 1. The molecule has 0 amide bonds. The van der Waals surface area contributed by atoms with Gasteiger partial charge in [0.2, 0.25) is 5.88 Å². The standard InChI is InChI=1S/C32H34ClF2N7O2/c1-3-20-15-42-23(13-37-20)17(2)44-30-25-28(26(35)27(38-30)21-12-36-11-18-6-4-7-22(33)24(18)21)39-31(40-29(25)42)43-16-32-8-5-9-41(32)14-19(34)10-32/h4,6-7,11-12,17,19-20,23,37H,3,5,8-10,13-16H2,1-2H3/t17-,19+,20+,23-,32-/m0/s1. The molecule has 4 aliphatic rings. The summed E-state index contributed by atoms with van der Waals surface area (Å²) in [5.41, 5.74) is 0.150. The van der Waals surface area contributed by atoms with Crippen LogP contribution in [0.4, 0.5) is 14.6 Å². The summed E-state index contributed by atoms with van der Waals surface area (Å²) in [6.07, 6.45) is 5.26. The Labute approximate surface area is 258 Å². The van der Waals surface area contributed by atoms with Crippen LogP contribution in [0.5, 0.6) is 11.9 Å². The fourth-order valence-electron chi connectivity index (χ4n) is 7.68. The predicted octanol–water partition coefficient (Wildman–Crippen LogP) is 5.33. The molecule has 44 heavy (non-hydrogen) atoms. The van der Waals surface area contributed by atoms with Gasteiger partial charge in [-0.3, -0.25) is 9.88 Å². The van der Waals surface area contributed by atoms with Crippen molar-refractivity contribution in [3.8, 4) is 23.1 Å². The Morgan fingerprint density at radius 3 is 2.93 bits per heavy atom. The number of hydrogen-bond acceptors (Lipinski definition) is 9. The number of ether oxygens (including phenoxy) is 2. The van der Waals surface area contributed by atoms with Crippen molar-refractivity contribution < 1.29 is 18.3 Å². The van der Waals surface area contributed by atoms with Crippen molar-refractivity contribution in [2.75, 3.05) is 37.7 Å². The summed E-state index contributed by atoms with van der Waals surface area (Å²) in [6.45, 7) is 6.96. The average molecular weight is 622 g/mol. The van der Waals surface area contributed by atoms with Crippen LogP contribution in [0.3, 0.4) is 0 Å².